The number of halogens is 6. The van der Waals surface area contributed by atoms with E-state index in [1.165, 1.54) is 54.7 Å². The molecule has 0 atom stereocenters. The molecule has 4 aromatic heterocycles. The molecule has 0 bridgehead atoms. The summed E-state index contributed by atoms with van der Waals surface area (Å²) in [6, 6.07) is 7.11. The molecule has 0 aliphatic heterocycles. The summed E-state index contributed by atoms with van der Waals surface area (Å²) < 4.78 is 89.2. The molecule has 0 saturated heterocycles. The number of aromatic nitrogens is 8. The molecule has 0 radical (unpaired) electrons. The zero-order valence-corrected chi connectivity index (χ0v) is 28.7. The van der Waals surface area contributed by atoms with Gasteiger partial charge in [0.25, 0.3) is 0 Å². The van der Waals surface area contributed by atoms with Crippen LogP contribution in [0.3, 0.4) is 0 Å². The SMILES string of the molecule is Cc1cc(-c2ncn(/C=C\C(=O)NCc3cnco3)n2)cc(C(F)(F)F)c1.Cc1cc(-c2ncn(/C=C\C(=O)O)n2)cc(C(F)(F)F)c1.NCc1cnco1. The minimum absolute atomic E-state index is 0.0826. The summed E-state index contributed by atoms with van der Waals surface area (Å²) in [5, 5.41) is 19.0. The minimum Gasteiger partial charge on any atom is -0.478 e. The summed E-state index contributed by atoms with van der Waals surface area (Å²) in [6.45, 7) is 3.71. The highest BCUT2D eigenvalue weighted by atomic mass is 19.4. The van der Waals surface area contributed by atoms with Crippen LogP contribution >= 0.6 is 0 Å². The van der Waals surface area contributed by atoms with Crippen molar-refractivity contribution in [3.8, 4) is 22.8 Å². The van der Waals surface area contributed by atoms with E-state index in [4.69, 9.17) is 19.7 Å². The number of carboxylic acid groups (broad SMARTS) is 1. The maximum absolute atomic E-state index is 12.9. The van der Waals surface area contributed by atoms with Crippen LogP contribution in [0.1, 0.15) is 33.8 Å². The third-order valence-electron chi connectivity index (χ3n) is 6.70. The molecular formula is C34H30F6N10O5. The fourth-order valence-electron chi connectivity index (χ4n) is 4.30. The predicted molar refractivity (Wildman–Crippen MR) is 181 cm³/mol. The summed E-state index contributed by atoms with van der Waals surface area (Å²) >= 11 is 0. The van der Waals surface area contributed by atoms with Gasteiger partial charge >= 0.3 is 18.3 Å². The number of benzene rings is 2. The molecular weight excluding hydrogens is 742 g/mol. The van der Waals surface area contributed by atoms with E-state index >= 15 is 0 Å². The van der Waals surface area contributed by atoms with Crippen LogP contribution in [0.4, 0.5) is 26.3 Å². The number of hydrogen-bond acceptors (Lipinski definition) is 11. The number of nitrogens with one attached hydrogen (secondary N) is 1. The van der Waals surface area contributed by atoms with Gasteiger partial charge in [-0.15, -0.1) is 10.2 Å². The highest BCUT2D eigenvalue weighted by Crippen LogP contribution is 2.33. The molecule has 1 amide bonds. The zero-order chi connectivity index (χ0) is 40.2. The molecule has 6 rings (SSSR count). The van der Waals surface area contributed by atoms with Crippen molar-refractivity contribution in [2.24, 2.45) is 5.73 Å². The predicted octanol–water partition coefficient (Wildman–Crippen LogP) is 6.01. The van der Waals surface area contributed by atoms with Gasteiger partial charge in [0.1, 0.15) is 24.2 Å². The van der Waals surface area contributed by atoms with Gasteiger partial charge in [0.2, 0.25) is 5.91 Å². The number of hydrogen-bond donors (Lipinski definition) is 3. The smallest absolute Gasteiger partial charge is 0.416 e. The molecule has 0 aliphatic rings. The Hall–Kier alpha value is -6.90. The lowest BCUT2D eigenvalue weighted by atomic mass is 10.1. The molecule has 4 N–H and O–H groups in total. The van der Waals surface area contributed by atoms with Crippen LogP contribution in [0.5, 0.6) is 0 Å². The molecule has 0 saturated carbocycles. The molecule has 6 aromatic rings. The van der Waals surface area contributed by atoms with Crippen molar-refractivity contribution in [2.45, 2.75) is 39.3 Å². The fourth-order valence-corrected chi connectivity index (χ4v) is 4.30. The molecule has 4 heterocycles. The summed E-state index contributed by atoms with van der Waals surface area (Å²) in [7, 11) is 0. The third-order valence-corrected chi connectivity index (χ3v) is 6.70. The van der Waals surface area contributed by atoms with E-state index in [-0.39, 0.29) is 29.3 Å². The van der Waals surface area contributed by atoms with Crippen molar-refractivity contribution < 1.29 is 49.9 Å². The molecule has 0 aliphatic carbocycles. The largest absolute Gasteiger partial charge is 0.478 e. The number of nitrogens with zero attached hydrogens (tertiary/aromatic N) is 8. The quantitative estimate of drug-likeness (QED) is 0.114. The lowest BCUT2D eigenvalue weighted by Crippen LogP contribution is -2.20. The van der Waals surface area contributed by atoms with E-state index in [1.54, 1.807) is 26.1 Å². The van der Waals surface area contributed by atoms with Gasteiger partial charge in [-0.25, -0.2) is 34.1 Å². The Kier molecular flexibility index (Phi) is 13.5. The molecule has 0 unspecified atom stereocenters. The summed E-state index contributed by atoms with van der Waals surface area (Å²) in [5.41, 5.74) is 4.93. The van der Waals surface area contributed by atoms with Crippen molar-refractivity contribution in [3.63, 3.8) is 0 Å². The first kappa shape index (κ1) is 40.9. The van der Waals surface area contributed by atoms with E-state index in [0.717, 1.165) is 47.0 Å². The monoisotopic (exact) mass is 772 g/mol. The van der Waals surface area contributed by atoms with Crippen LogP contribution in [0.2, 0.25) is 0 Å². The molecule has 2 aromatic carbocycles. The van der Waals surface area contributed by atoms with Crippen LogP contribution in [0.15, 0.2) is 95.2 Å². The van der Waals surface area contributed by atoms with Gasteiger partial charge < -0.3 is 25.0 Å². The van der Waals surface area contributed by atoms with Crippen molar-refractivity contribution in [2.75, 3.05) is 0 Å². The van der Waals surface area contributed by atoms with E-state index < -0.39 is 35.4 Å². The van der Waals surface area contributed by atoms with E-state index in [1.807, 2.05) is 0 Å². The number of carbonyl (C=O) groups is 2. The normalized spacial score (nSPS) is 11.6. The van der Waals surface area contributed by atoms with Gasteiger partial charge in [0, 0.05) is 35.7 Å². The highest BCUT2D eigenvalue weighted by Gasteiger charge is 2.32. The van der Waals surface area contributed by atoms with E-state index in [2.05, 4.69) is 35.5 Å². The van der Waals surface area contributed by atoms with Crippen molar-refractivity contribution >= 4 is 24.3 Å². The van der Waals surface area contributed by atoms with Crippen LogP contribution in [-0.2, 0) is 35.0 Å². The van der Waals surface area contributed by atoms with Gasteiger partial charge in [-0.3, -0.25) is 4.79 Å². The molecule has 0 spiro atoms. The Labute approximate surface area is 306 Å². The first-order chi connectivity index (χ1) is 26.0. The summed E-state index contributed by atoms with van der Waals surface area (Å²) in [4.78, 5) is 37.4. The topological polar surface area (TPSA) is 206 Å². The number of rotatable bonds is 9. The first-order valence-electron chi connectivity index (χ1n) is 15.5. The van der Waals surface area contributed by atoms with Gasteiger partial charge in [-0.05, 0) is 61.4 Å². The molecule has 21 heteroatoms. The number of carboxylic acids is 1. The van der Waals surface area contributed by atoms with Gasteiger partial charge in [0.15, 0.2) is 24.4 Å². The lowest BCUT2D eigenvalue weighted by Gasteiger charge is -2.09. The number of oxazole rings is 2. The van der Waals surface area contributed by atoms with Crippen LogP contribution in [-0.4, -0.2) is 56.5 Å². The average molecular weight is 773 g/mol. The molecule has 288 valence electrons. The first-order valence-corrected chi connectivity index (χ1v) is 15.5. The Bertz CT molecular complexity index is 2220. The molecule has 0 fully saturated rings. The zero-order valence-electron chi connectivity index (χ0n) is 28.7. The maximum Gasteiger partial charge on any atom is 0.416 e. The number of aliphatic carboxylic acids is 1. The molecule has 55 heavy (non-hydrogen) atoms. The second-order valence-electron chi connectivity index (χ2n) is 11.1. The highest BCUT2D eigenvalue weighted by molar-refractivity contribution is 5.89. The van der Waals surface area contributed by atoms with Gasteiger partial charge in [0.05, 0.1) is 36.6 Å². The van der Waals surface area contributed by atoms with Crippen LogP contribution in [0.25, 0.3) is 35.2 Å². The average Bonchev–Trinajstić information content (AvgIpc) is 3.97. The maximum atomic E-state index is 12.9. The molecule has 15 nitrogen and oxygen atoms in total. The van der Waals surface area contributed by atoms with Crippen molar-refractivity contribution in [3.05, 3.63) is 120 Å². The van der Waals surface area contributed by atoms with Crippen molar-refractivity contribution in [1.82, 2.24) is 44.8 Å². The Morgan fingerprint density at radius 2 is 1.24 bits per heavy atom. The van der Waals surface area contributed by atoms with Gasteiger partial charge in [-0.1, -0.05) is 0 Å². The second-order valence-corrected chi connectivity index (χ2v) is 11.1. The van der Waals surface area contributed by atoms with Crippen LogP contribution < -0.4 is 11.1 Å². The standard InChI is InChI=1S/C17H14F3N5O2.C13H10F3N3O2.C4H6N2O/c1-11-4-12(6-13(5-11)17(18,19)20)16-23-9-25(24-16)3-2-15(26)22-8-14-7-21-10-27-14;1-8-4-9(6-10(5-8)13(14,15)16)12-17-7-19(18-12)3-2-11(20)21;5-1-4-2-6-3-7-4/h2-7,9-10H,8H2,1H3,(H,22,26);2-7H,1H3,(H,20,21);2-3H,1,5H2/b2*3-2-;. The lowest BCUT2D eigenvalue weighted by molar-refractivity contribution is -0.138. The van der Waals surface area contributed by atoms with Gasteiger partial charge in [-0.2, -0.15) is 26.3 Å². The van der Waals surface area contributed by atoms with Crippen molar-refractivity contribution in [1.29, 1.82) is 0 Å². The van der Waals surface area contributed by atoms with E-state index in [0.29, 0.717) is 23.4 Å². The van der Waals surface area contributed by atoms with E-state index in [9.17, 15) is 35.9 Å². The third kappa shape index (κ3) is 12.9. The Morgan fingerprint density at radius 1 is 0.764 bits per heavy atom. The van der Waals surface area contributed by atoms with Crippen LogP contribution in [0, 0.1) is 13.8 Å². The fraction of sp³-hybridized carbons (Fsp3) is 0.176. The number of aryl methyl sites for hydroxylation is 2. The minimum atomic E-state index is -4.45. The summed E-state index contributed by atoms with van der Waals surface area (Å²) in [6.07, 6.45) is 3.83. The Balaban J connectivity index is 0.000000212. The number of carbonyl (C=O) groups excluding carboxylic acids is 1. The number of amides is 1. The Morgan fingerprint density at radius 3 is 1.64 bits per heavy atom. The summed E-state index contributed by atoms with van der Waals surface area (Å²) in [5.74, 6) is -0.143. The number of alkyl halides is 6. The number of nitrogens with two attached hydrogens (primary N) is 1. The second kappa shape index (κ2) is 18.2.